The molecule has 0 radical (unpaired) electrons. The number of fused-ring (bicyclic) bond motifs is 1. The number of hydrogen-bond acceptors (Lipinski definition) is 4. The molecule has 0 aliphatic carbocycles. The van der Waals surface area contributed by atoms with Gasteiger partial charge < -0.3 is 4.90 Å². The van der Waals surface area contributed by atoms with Crippen LogP contribution >= 0.6 is 11.8 Å². The summed E-state index contributed by atoms with van der Waals surface area (Å²) in [6.07, 6.45) is 0. The van der Waals surface area contributed by atoms with Gasteiger partial charge in [0.2, 0.25) is 5.91 Å². The summed E-state index contributed by atoms with van der Waals surface area (Å²) < 4.78 is 13.4. The zero-order valence-corrected chi connectivity index (χ0v) is 17.3. The van der Waals surface area contributed by atoms with Gasteiger partial charge in [-0.15, -0.1) is 10.2 Å². The van der Waals surface area contributed by atoms with Crippen molar-refractivity contribution in [3.8, 4) is 11.3 Å². The maximum Gasteiger partial charge on any atom is 0.233 e. The van der Waals surface area contributed by atoms with Crippen LogP contribution in [0.15, 0.2) is 83.9 Å². The lowest BCUT2D eigenvalue weighted by Crippen LogP contribution is -2.27. The van der Waals surface area contributed by atoms with E-state index in [1.54, 1.807) is 24.1 Å². The van der Waals surface area contributed by atoms with Gasteiger partial charge in [-0.05, 0) is 17.7 Å². The van der Waals surface area contributed by atoms with Gasteiger partial charge in [0.15, 0.2) is 0 Å². The Hall–Kier alpha value is -3.25. The molecule has 0 saturated carbocycles. The SMILES string of the molecule is CN(Cc1cccc(F)c1)C(=O)CSc1nnc(-c2ccccc2)c2ccccc12. The summed E-state index contributed by atoms with van der Waals surface area (Å²) in [5.74, 6) is -0.125. The second kappa shape index (κ2) is 9.05. The standard InChI is InChI=1S/C24H20FN3OS/c1-28(15-17-8-7-11-19(25)14-17)22(29)16-30-24-21-13-6-5-12-20(21)23(26-27-24)18-9-3-2-4-10-18/h2-14H,15-16H2,1H3. The van der Waals surface area contributed by atoms with Crippen LogP contribution in [-0.2, 0) is 11.3 Å². The molecular formula is C24H20FN3OS. The van der Waals surface area contributed by atoms with Gasteiger partial charge in [-0.25, -0.2) is 4.39 Å². The van der Waals surface area contributed by atoms with Gasteiger partial charge in [0, 0.05) is 29.9 Å². The van der Waals surface area contributed by atoms with E-state index in [-0.39, 0.29) is 17.5 Å². The number of aromatic nitrogens is 2. The predicted molar refractivity (Wildman–Crippen MR) is 119 cm³/mol. The molecule has 6 heteroatoms. The summed E-state index contributed by atoms with van der Waals surface area (Å²) in [6, 6.07) is 24.2. The fourth-order valence-electron chi connectivity index (χ4n) is 3.23. The molecule has 0 aliphatic heterocycles. The van der Waals surface area contributed by atoms with Crippen LogP contribution in [0, 0.1) is 5.82 Å². The van der Waals surface area contributed by atoms with Crippen LogP contribution in [0.25, 0.3) is 22.0 Å². The van der Waals surface area contributed by atoms with Crippen molar-refractivity contribution in [2.45, 2.75) is 11.6 Å². The molecule has 0 atom stereocenters. The van der Waals surface area contributed by atoms with E-state index in [1.165, 1.54) is 23.9 Å². The lowest BCUT2D eigenvalue weighted by molar-refractivity contribution is -0.127. The number of carbonyl (C=O) groups is 1. The van der Waals surface area contributed by atoms with Crippen molar-refractivity contribution in [3.63, 3.8) is 0 Å². The van der Waals surface area contributed by atoms with Crippen LogP contribution in [0.2, 0.25) is 0 Å². The summed E-state index contributed by atoms with van der Waals surface area (Å²) in [5.41, 5.74) is 2.59. The van der Waals surface area contributed by atoms with Crippen LogP contribution < -0.4 is 0 Å². The van der Waals surface area contributed by atoms with Gasteiger partial charge in [-0.1, -0.05) is 78.5 Å². The van der Waals surface area contributed by atoms with E-state index in [2.05, 4.69) is 10.2 Å². The van der Waals surface area contributed by atoms with Crippen LogP contribution in [0.5, 0.6) is 0 Å². The second-order valence-electron chi connectivity index (χ2n) is 6.93. The normalized spacial score (nSPS) is 10.9. The molecule has 4 nitrogen and oxygen atoms in total. The van der Waals surface area contributed by atoms with E-state index < -0.39 is 0 Å². The first-order valence-electron chi connectivity index (χ1n) is 9.54. The third-order valence-corrected chi connectivity index (χ3v) is 5.73. The number of benzene rings is 3. The number of amides is 1. The van der Waals surface area contributed by atoms with Crippen molar-refractivity contribution < 1.29 is 9.18 Å². The highest BCUT2D eigenvalue weighted by Gasteiger charge is 2.15. The molecule has 4 rings (SSSR count). The molecule has 1 amide bonds. The Morgan fingerprint density at radius 3 is 2.43 bits per heavy atom. The monoisotopic (exact) mass is 417 g/mol. The number of nitrogens with zero attached hydrogens (tertiary/aromatic N) is 3. The van der Waals surface area contributed by atoms with Crippen molar-refractivity contribution in [1.29, 1.82) is 0 Å². The highest BCUT2D eigenvalue weighted by atomic mass is 32.2. The Balaban J connectivity index is 1.51. The molecule has 1 heterocycles. The summed E-state index contributed by atoms with van der Waals surface area (Å²) in [7, 11) is 1.72. The summed E-state index contributed by atoms with van der Waals surface area (Å²) in [5, 5.41) is 11.5. The number of hydrogen-bond donors (Lipinski definition) is 0. The van der Waals surface area contributed by atoms with Crippen molar-refractivity contribution in [2.24, 2.45) is 0 Å². The van der Waals surface area contributed by atoms with Crippen LogP contribution in [-0.4, -0.2) is 33.8 Å². The molecule has 0 fully saturated rings. The number of rotatable bonds is 6. The van der Waals surface area contributed by atoms with Gasteiger partial charge in [0.25, 0.3) is 0 Å². The Morgan fingerprint density at radius 2 is 1.67 bits per heavy atom. The first kappa shape index (κ1) is 20.0. The smallest absolute Gasteiger partial charge is 0.233 e. The highest BCUT2D eigenvalue weighted by molar-refractivity contribution is 8.00. The maximum absolute atomic E-state index is 13.4. The van der Waals surface area contributed by atoms with Crippen LogP contribution in [0.1, 0.15) is 5.56 Å². The minimum Gasteiger partial charge on any atom is -0.341 e. The van der Waals surface area contributed by atoms with E-state index in [1.807, 2.05) is 54.6 Å². The minimum absolute atomic E-state index is 0.0534. The lowest BCUT2D eigenvalue weighted by Gasteiger charge is -2.17. The van der Waals surface area contributed by atoms with Gasteiger partial charge in [0.05, 0.1) is 5.75 Å². The zero-order valence-electron chi connectivity index (χ0n) is 16.5. The molecule has 0 bridgehead atoms. The highest BCUT2D eigenvalue weighted by Crippen LogP contribution is 2.31. The molecule has 30 heavy (non-hydrogen) atoms. The Kier molecular flexibility index (Phi) is 6.05. The predicted octanol–water partition coefficient (Wildman–Crippen LogP) is 5.19. The van der Waals surface area contributed by atoms with Gasteiger partial charge in [0.1, 0.15) is 16.5 Å². The molecule has 0 N–H and O–H groups in total. The molecule has 3 aromatic carbocycles. The van der Waals surface area contributed by atoms with Gasteiger partial charge in [-0.3, -0.25) is 4.79 Å². The maximum atomic E-state index is 13.4. The Bertz CT molecular complexity index is 1180. The number of halogens is 1. The Morgan fingerprint density at radius 1 is 0.933 bits per heavy atom. The molecule has 0 aliphatic rings. The molecule has 150 valence electrons. The zero-order chi connectivity index (χ0) is 20.9. The van der Waals surface area contributed by atoms with Crippen LogP contribution in [0.3, 0.4) is 0 Å². The van der Waals surface area contributed by atoms with E-state index in [0.29, 0.717) is 6.54 Å². The third-order valence-electron chi connectivity index (χ3n) is 4.77. The van der Waals surface area contributed by atoms with Crippen molar-refractivity contribution in [1.82, 2.24) is 15.1 Å². The topological polar surface area (TPSA) is 46.1 Å². The van der Waals surface area contributed by atoms with E-state index >= 15 is 0 Å². The van der Waals surface area contributed by atoms with Crippen molar-refractivity contribution >= 4 is 28.4 Å². The first-order valence-corrected chi connectivity index (χ1v) is 10.5. The summed E-state index contributed by atoms with van der Waals surface area (Å²) in [6.45, 7) is 0.358. The van der Waals surface area contributed by atoms with E-state index in [0.717, 1.165) is 32.6 Å². The molecule has 0 unspecified atom stereocenters. The van der Waals surface area contributed by atoms with Gasteiger partial charge in [-0.2, -0.15) is 0 Å². The Labute approximate surface area is 178 Å². The quantitative estimate of drug-likeness (QED) is 0.405. The molecular weight excluding hydrogens is 397 g/mol. The second-order valence-corrected chi connectivity index (χ2v) is 7.90. The van der Waals surface area contributed by atoms with Crippen molar-refractivity contribution in [3.05, 3.63) is 90.2 Å². The summed E-state index contributed by atoms with van der Waals surface area (Å²) in [4.78, 5) is 14.2. The minimum atomic E-state index is -0.303. The molecule has 4 aromatic rings. The average molecular weight is 418 g/mol. The largest absolute Gasteiger partial charge is 0.341 e. The van der Waals surface area contributed by atoms with E-state index in [4.69, 9.17) is 0 Å². The lowest BCUT2D eigenvalue weighted by atomic mass is 10.1. The molecule has 0 spiro atoms. The van der Waals surface area contributed by atoms with E-state index in [9.17, 15) is 9.18 Å². The van der Waals surface area contributed by atoms with Crippen LogP contribution in [0.4, 0.5) is 4.39 Å². The molecule has 1 aromatic heterocycles. The fraction of sp³-hybridized carbons (Fsp3) is 0.125. The van der Waals surface area contributed by atoms with Gasteiger partial charge >= 0.3 is 0 Å². The third kappa shape index (κ3) is 4.49. The summed E-state index contributed by atoms with van der Waals surface area (Å²) >= 11 is 1.37. The number of thioether (sulfide) groups is 1. The fourth-order valence-corrected chi connectivity index (χ4v) is 4.15. The molecule has 0 saturated heterocycles. The first-order chi connectivity index (χ1) is 14.6. The van der Waals surface area contributed by atoms with Crippen molar-refractivity contribution in [2.75, 3.05) is 12.8 Å². The average Bonchev–Trinajstić information content (AvgIpc) is 2.77. The number of carbonyl (C=O) groups excluding carboxylic acids is 1.